The quantitative estimate of drug-likeness (QED) is 0.310. The fourth-order valence-corrected chi connectivity index (χ4v) is 6.00. The molecule has 1 aromatic carbocycles. The van der Waals surface area contributed by atoms with E-state index in [1.165, 1.54) is 12.3 Å². The Morgan fingerprint density at radius 3 is 2.60 bits per heavy atom. The molecule has 0 N–H and O–H groups in total. The monoisotopic (exact) mass is 601 g/mol. The molecule has 1 amide bonds. The van der Waals surface area contributed by atoms with Crippen LogP contribution in [0.2, 0.25) is 0 Å². The van der Waals surface area contributed by atoms with Crippen LogP contribution in [0.1, 0.15) is 83.9 Å². The smallest absolute Gasteiger partial charge is 0.410 e. The summed E-state index contributed by atoms with van der Waals surface area (Å²) in [5.41, 5.74) is 0.994. The number of halogens is 3. The van der Waals surface area contributed by atoms with E-state index >= 15 is 0 Å². The number of likely N-dealkylation sites (tertiary alicyclic amines) is 1. The van der Waals surface area contributed by atoms with Crippen molar-refractivity contribution in [2.24, 2.45) is 5.41 Å². The number of fused-ring (bicyclic) bond motifs is 1. The van der Waals surface area contributed by atoms with E-state index in [1.807, 2.05) is 20.8 Å². The fraction of sp³-hybridized carbons (Fsp3) is 0.613. The molecule has 9 nitrogen and oxygen atoms in total. The van der Waals surface area contributed by atoms with E-state index in [0.717, 1.165) is 45.4 Å². The molecule has 4 heterocycles. The molecule has 2 aromatic heterocycles. The Balaban J connectivity index is 1.32. The van der Waals surface area contributed by atoms with E-state index in [1.54, 1.807) is 27.9 Å². The number of aromatic nitrogens is 4. The number of nitrogens with zero attached hydrogens (tertiary/aromatic N) is 5. The van der Waals surface area contributed by atoms with Gasteiger partial charge in [0.1, 0.15) is 23.1 Å². The first-order valence-corrected chi connectivity index (χ1v) is 15.0. The minimum absolute atomic E-state index is 0.0224. The van der Waals surface area contributed by atoms with Crippen LogP contribution < -0.4 is 4.74 Å². The van der Waals surface area contributed by atoms with Gasteiger partial charge in [0.2, 0.25) is 5.88 Å². The van der Waals surface area contributed by atoms with E-state index in [0.29, 0.717) is 42.0 Å². The molecule has 232 valence electrons. The van der Waals surface area contributed by atoms with Gasteiger partial charge in [0.25, 0.3) is 0 Å². The molecule has 6 rings (SSSR count). The summed E-state index contributed by atoms with van der Waals surface area (Å²) in [5, 5.41) is 5.37. The number of benzene rings is 1. The Bertz CT molecular complexity index is 1490. The van der Waals surface area contributed by atoms with Crippen LogP contribution >= 0.6 is 0 Å². The van der Waals surface area contributed by atoms with Gasteiger partial charge >= 0.3 is 12.3 Å². The molecule has 3 unspecified atom stereocenters. The highest BCUT2D eigenvalue weighted by atomic mass is 19.4. The molecule has 3 fully saturated rings. The molecule has 0 radical (unpaired) electrons. The minimum atomic E-state index is -4.38. The van der Waals surface area contributed by atoms with Crippen molar-refractivity contribution in [3.63, 3.8) is 0 Å². The van der Waals surface area contributed by atoms with Crippen LogP contribution in [0.4, 0.5) is 18.0 Å². The lowest BCUT2D eigenvalue weighted by Crippen LogP contribution is -2.51. The molecule has 3 atom stereocenters. The largest absolute Gasteiger partial charge is 0.471 e. The highest BCUT2D eigenvalue weighted by Gasteiger charge is 2.54. The molecule has 3 aromatic rings. The first-order valence-electron chi connectivity index (χ1n) is 15.0. The summed E-state index contributed by atoms with van der Waals surface area (Å²) in [7, 11) is 0. The standard InChI is InChI=1S/C31H38F3N5O4/c1-19(31(32,33)34)20-8-9-23-21(15-20)27(37-39(23)26-7-5-6-14-41-26)22-16-35-17-25(36-22)42-24-18-38(13-12-30(24)10-11-30)28(40)43-29(2,3)4/h8-9,15-17,19,24,26H,5-7,10-14,18H2,1-4H3. The fourth-order valence-electron chi connectivity index (χ4n) is 6.00. The number of amides is 1. The molecule has 43 heavy (non-hydrogen) atoms. The van der Waals surface area contributed by atoms with Gasteiger partial charge in [0, 0.05) is 24.0 Å². The number of piperidine rings is 1. The molecule has 1 aliphatic carbocycles. The third-order valence-corrected chi connectivity index (χ3v) is 8.76. The number of ether oxygens (including phenoxy) is 3. The lowest BCUT2D eigenvalue weighted by molar-refractivity contribution is -0.146. The summed E-state index contributed by atoms with van der Waals surface area (Å²) in [5.74, 6) is -1.37. The summed E-state index contributed by atoms with van der Waals surface area (Å²) in [6.45, 7) is 8.24. The maximum absolute atomic E-state index is 13.6. The Kier molecular flexibility index (Phi) is 7.55. The molecular weight excluding hydrogens is 563 g/mol. The van der Waals surface area contributed by atoms with Gasteiger partial charge in [-0.2, -0.15) is 18.3 Å². The Hall–Kier alpha value is -3.41. The van der Waals surface area contributed by atoms with Gasteiger partial charge < -0.3 is 19.1 Å². The number of carbonyl (C=O) groups excluding carboxylic acids is 1. The van der Waals surface area contributed by atoms with Crippen molar-refractivity contribution in [2.45, 2.75) is 96.2 Å². The molecule has 12 heteroatoms. The van der Waals surface area contributed by atoms with Gasteiger partial charge in [-0.15, -0.1) is 0 Å². The summed E-state index contributed by atoms with van der Waals surface area (Å²) in [4.78, 5) is 23.6. The lowest BCUT2D eigenvalue weighted by Gasteiger charge is -2.39. The van der Waals surface area contributed by atoms with Crippen molar-refractivity contribution in [3.8, 4) is 17.3 Å². The average Bonchev–Trinajstić information content (AvgIpc) is 3.63. The summed E-state index contributed by atoms with van der Waals surface area (Å²) in [6, 6.07) is 4.73. The van der Waals surface area contributed by atoms with E-state index in [9.17, 15) is 18.0 Å². The predicted octanol–water partition coefficient (Wildman–Crippen LogP) is 7.03. The van der Waals surface area contributed by atoms with Crippen LogP contribution in [0.25, 0.3) is 22.3 Å². The van der Waals surface area contributed by atoms with Gasteiger partial charge in [-0.05, 0) is 83.9 Å². The average molecular weight is 602 g/mol. The SMILES string of the molecule is CC(c1ccc2c(c1)c(-c1cncc(OC3CN(C(=O)OC(C)(C)C)CCC34CC4)n1)nn2C1CCCCO1)C(F)(F)F. The highest BCUT2D eigenvalue weighted by molar-refractivity contribution is 5.93. The second-order valence-electron chi connectivity index (χ2n) is 13.0. The van der Waals surface area contributed by atoms with E-state index in [4.69, 9.17) is 24.3 Å². The second-order valence-corrected chi connectivity index (χ2v) is 13.0. The zero-order valence-electron chi connectivity index (χ0n) is 25.0. The van der Waals surface area contributed by atoms with Gasteiger partial charge in [-0.3, -0.25) is 4.98 Å². The Morgan fingerprint density at radius 2 is 1.93 bits per heavy atom. The van der Waals surface area contributed by atoms with Crippen molar-refractivity contribution >= 4 is 17.0 Å². The van der Waals surface area contributed by atoms with Crippen LogP contribution in [0.15, 0.2) is 30.6 Å². The number of hydrogen-bond acceptors (Lipinski definition) is 7. The zero-order chi connectivity index (χ0) is 30.6. The number of rotatable bonds is 5. The minimum Gasteiger partial charge on any atom is -0.471 e. The summed E-state index contributed by atoms with van der Waals surface area (Å²) >= 11 is 0. The number of hydrogen-bond donors (Lipinski definition) is 0. The molecule has 1 saturated carbocycles. The van der Waals surface area contributed by atoms with Gasteiger partial charge in [-0.1, -0.05) is 6.07 Å². The predicted molar refractivity (Wildman–Crippen MR) is 153 cm³/mol. The Morgan fingerprint density at radius 1 is 1.14 bits per heavy atom. The number of carbonyl (C=O) groups is 1. The van der Waals surface area contributed by atoms with Crippen molar-refractivity contribution in [3.05, 3.63) is 36.2 Å². The molecule has 3 aliphatic rings. The first kappa shape index (κ1) is 29.7. The van der Waals surface area contributed by atoms with Crippen LogP contribution in [0.5, 0.6) is 5.88 Å². The summed E-state index contributed by atoms with van der Waals surface area (Å²) < 4.78 is 60.7. The molecular formula is C31H38F3N5O4. The lowest BCUT2D eigenvalue weighted by atomic mass is 9.90. The van der Waals surface area contributed by atoms with Crippen molar-refractivity contribution < 1.29 is 32.2 Å². The first-order chi connectivity index (χ1) is 20.3. The van der Waals surface area contributed by atoms with Crippen molar-refractivity contribution in [1.82, 2.24) is 24.6 Å². The van der Waals surface area contributed by atoms with Crippen LogP contribution in [-0.2, 0) is 9.47 Å². The van der Waals surface area contributed by atoms with E-state index in [-0.39, 0.29) is 35.3 Å². The Labute approximate surface area is 248 Å². The molecule has 1 spiro atoms. The van der Waals surface area contributed by atoms with E-state index < -0.39 is 17.7 Å². The molecule has 2 saturated heterocycles. The van der Waals surface area contributed by atoms with Gasteiger partial charge in [0.15, 0.2) is 6.23 Å². The summed E-state index contributed by atoms with van der Waals surface area (Å²) in [6.07, 6.45) is 3.19. The second kappa shape index (κ2) is 10.9. The normalized spacial score (nSPS) is 22.9. The van der Waals surface area contributed by atoms with Crippen molar-refractivity contribution in [1.29, 1.82) is 0 Å². The van der Waals surface area contributed by atoms with Crippen LogP contribution in [0.3, 0.4) is 0 Å². The van der Waals surface area contributed by atoms with E-state index in [2.05, 4.69) is 4.98 Å². The van der Waals surface area contributed by atoms with Crippen LogP contribution in [-0.4, -0.2) is 68.3 Å². The number of alkyl halides is 3. The van der Waals surface area contributed by atoms with Gasteiger partial charge in [-0.25, -0.2) is 14.5 Å². The van der Waals surface area contributed by atoms with Gasteiger partial charge in [0.05, 0.1) is 30.4 Å². The maximum Gasteiger partial charge on any atom is 0.410 e. The van der Waals surface area contributed by atoms with Crippen LogP contribution in [0, 0.1) is 5.41 Å². The molecule has 2 aliphatic heterocycles. The topological polar surface area (TPSA) is 91.6 Å². The third-order valence-electron chi connectivity index (χ3n) is 8.76. The molecule has 0 bridgehead atoms. The third kappa shape index (κ3) is 6.16. The highest BCUT2D eigenvalue weighted by Crippen LogP contribution is 2.55. The maximum atomic E-state index is 13.6. The van der Waals surface area contributed by atoms with Crippen molar-refractivity contribution in [2.75, 3.05) is 19.7 Å². The zero-order valence-corrected chi connectivity index (χ0v) is 25.0.